The van der Waals surface area contributed by atoms with Crippen molar-refractivity contribution in [2.24, 2.45) is 101 Å². The number of carbonyl (C=O) groups excluding carboxylic acids is 6. The number of carbonyl (C=O) groups is 6. The number of ether oxygens (including phenoxy) is 5. The molecule has 0 atom stereocenters. The van der Waals surface area contributed by atoms with E-state index < -0.39 is 8.07 Å². The van der Waals surface area contributed by atoms with Gasteiger partial charge in [0.05, 0.1) is 57.5 Å². The van der Waals surface area contributed by atoms with Gasteiger partial charge in [-0.05, 0) is 215 Å². The van der Waals surface area contributed by atoms with Gasteiger partial charge in [0.25, 0.3) is 0 Å². The van der Waals surface area contributed by atoms with Gasteiger partial charge in [-0.1, -0.05) is 487 Å². The molecular formula is C134H226O12Si. The molecule has 6 rings (SSSR count). The first kappa shape index (κ1) is 151. The van der Waals surface area contributed by atoms with Crippen LogP contribution in [0.5, 0.6) is 0 Å². The number of unbranched alkanes of at least 4 members (excludes halogenated alkanes) is 1. The summed E-state index contributed by atoms with van der Waals surface area (Å²) in [4.78, 5) is 65.4. The minimum Gasteiger partial charge on any atom is -0.465 e. The predicted octanol–water partition coefficient (Wildman–Crippen LogP) is 38.7. The van der Waals surface area contributed by atoms with Crippen LogP contribution < -0.4 is 0 Å². The summed E-state index contributed by atoms with van der Waals surface area (Å²) < 4.78 is 25.2. The quantitative estimate of drug-likeness (QED) is 0.00776. The molecule has 0 aliphatic heterocycles. The molecule has 0 bridgehead atoms. The predicted molar refractivity (Wildman–Crippen MR) is 653 cm³/mol. The molecule has 0 radical (unpaired) electrons. The van der Waals surface area contributed by atoms with E-state index in [-0.39, 0.29) is 102 Å². The van der Waals surface area contributed by atoms with Gasteiger partial charge in [0.2, 0.25) is 0 Å². The van der Waals surface area contributed by atoms with E-state index in [9.17, 15) is 28.8 Å². The third-order valence-electron chi connectivity index (χ3n) is 20.4. The second-order valence-electron chi connectivity index (χ2n) is 43.8. The van der Waals surface area contributed by atoms with Crippen LogP contribution in [0, 0.1) is 101 Å². The molecule has 5 aromatic carbocycles. The smallest absolute Gasteiger partial charge is 0.308 e. The number of aliphatic hydroxyl groups excluding tert-OH is 1. The second kappa shape index (κ2) is 97.2. The molecule has 1 aliphatic rings. The number of esters is 5. The Morgan fingerprint density at radius 2 is 0.776 bits per heavy atom. The number of Topliss-reactive ketones (excluding diaryl/α,β-unsaturated/α-hetero) is 1. The van der Waals surface area contributed by atoms with E-state index in [1.165, 1.54) is 65.1 Å². The fourth-order valence-electron chi connectivity index (χ4n) is 11.5. The summed E-state index contributed by atoms with van der Waals surface area (Å²) >= 11 is 0. The Hall–Kier alpha value is -10.9. The Balaban J connectivity index is -0.0000000904. The van der Waals surface area contributed by atoms with Gasteiger partial charge in [-0.3, -0.25) is 28.8 Å². The minimum absolute atomic E-state index is 0. The van der Waals surface area contributed by atoms with Gasteiger partial charge in [-0.25, -0.2) is 0 Å². The number of allylic oxidation sites excluding steroid dienone is 4. The van der Waals surface area contributed by atoms with Crippen molar-refractivity contribution in [3.63, 3.8) is 0 Å². The van der Waals surface area contributed by atoms with E-state index in [4.69, 9.17) is 28.8 Å². The lowest BCUT2D eigenvalue weighted by molar-refractivity contribution is -0.149. The Bertz CT molecular complexity index is 4850. The van der Waals surface area contributed by atoms with E-state index in [1.54, 1.807) is 32.9 Å². The molecule has 0 heterocycles. The maximum atomic E-state index is 11.7. The largest absolute Gasteiger partial charge is 0.465 e. The number of hydrogen-bond acceptors (Lipinski definition) is 12. The maximum absolute atomic E-state index is 11.7. The van der Waals surface area contributed by atoms with Crippen molar-refractivity contribution >= 4 is 43.7 Å². The Labute approximate surface area is 915 Å². The summed E-state index contributed by atoms with van der Waals surface area (Å²) in [5, 5.41) is 8.81. The third kappa shape index (κ3) is 99.5. The molecule has 0 spiro atoms. The zero-order chi connectivity index (χ0) is 115. The first-order valence-corrected chi connectivity index (χ1v) is 57.2. The summed E-state index contributed by atoms with van der Waals surface area (Å²) in [6.07, 6.45) is 14.7. The van der Waals surface area contributed by atoms with Crippen molar-refractivity contribution in [3.8, 4) is 11.1 Å². The first-order valence-electron chi connectivity index (χ1n) is 53.9. The van der Waals surface area contributed by atoms with Crippen molar-refractivity contribution in [2.45, 2.75) is 365 Å². The van der Waals surface area contributed by atoms with Crippen molar-refractivity contribution in [2.75, 3.05) is 26.4 Å². The summed E-state index contributed by atoms with van der Waals surface area (Å²) in [6, 6.07) is 46.6. The number of rotatable bonds is 35. The molecule has 1 aliphatic carbocycles. The first-order chi connectivity index (χ1) is 68.7. The normalized spacial score (nSPS) is 10.2. The van der Waals surface area contributed by atoms with Gasteiger partial charge in [-0.2, -0.15) is 0 Å². The average Bonchev–Trinajstić information content (AvgIpc) is 1.61. The lowest BCUT2D eigenvalue weighted by atomic mass is 9.96. The lowest BCUT2D eigenvalue weighted by Gasteiger charge is -2.28. The Kier molecular flexibility index (Phi) is 100. The topological polar surface area (TPSA) is 169 Å². The van der Waals surface area contributed by atoms with Crippen LogP contribution in [-0.4, -0.2) is 75.2 Å². The van der Waals surface area contributed by atoms with Crippen molar-refractivity contribution in [1.29, 1.82) is 0 Å². The highest BCUT2D eigenvalue weighted by atomic mass is 28.3. The minimum atomic E-state index is -0.844. The van der Waals surface area contributed by atoms with Crippen molar-refractivity contribution < 1.29 is 70.4 Å². The summed E-state index contributed by atoms with van der Waals surface area (Å²) in [7, 11) is -0.844. The maximum Gasteiger partial charge on any atom is 0.308 e. The summed E-state index contributed by atoms with van der Waals surface area (Å²) in [5.74, 6) is 7.78. The Morgan fingerprint density at radius 1 is 0.395 bits per heavy atom. The SMILES string of the molecule is C=C=C=C=C=C=C(C=C=C=C=C=C)C(=C=C=C=C=C)C(C)C.C=CCC(C)C.C=CCOC(=O)C(C)C.CC(=O)C(C)C.CC(C)C.CC(C)C(=O)OCC1c2ccccc2-c2ccccc21.CC(C)C(=O)OCc1ccccc1.CC(C)CC(C)C.CC(C)CCCCOC(=O)C(C)C.CC(C)COC(=O)C(C)C.CC(C)C[Si](C)(C)C(C)C.CC(C)Cc1ccc(CO)cc1.CC(C)Cc1ccccc1.CCC(C)C.[HH].[HH].[HH].[HH].[HH].[HH].[HH].[HH].[HH]. The lowest BCUT2D eigenvalue weighted by Crippen LogP contribution is -2.30. The highest BCUT2D eigenvalue weighted by molar-refractivity contribution is 6.78. The van der Waals surface area contributed by atoms with Gasteiger partial charge >= 0.3 is 29.8 Å². The van der Waals surface area contributed by atoms with Crippen LogP contribution in [0.4, 0.5) is 0 Å². The molecule has 0 amide bonds. The van der Waals surface area contributed by atoms with Crippen LogP contribution in [0.2, 0.25) is 24.7 Å². The average molecular weight is 2060 g/mol. The molecule has 0 fully saturated rings. The number of ketones is 1. The molecule has 1 N–H and O–H groups in total. The van der Waals surface area contributed by atoms with E-state index in [1.807, 2.05) is 158 Å². The molecule has 0 saturated heterocycles. The molecule has 0 saturated carbocycles. The van der Waals surface area contributed by atoms with Crippen molar-refractivity contribution in [3.05, 3.63) is 304 Å². The van der Waals surface area contributed by atoms with Gasteiger partial charge < -0.3 is 28.8 Å². The van der Waals surface area contributed by atoms with Crippen LogP contribution in [0.25, 0.3) is 11.1 Å². The van der Waals surface area contributed by atoms with Crippen molar-refractivity contribution in [1.82, 2.24) is 0 Å². The van der Waals surface area contributed by atoms with Gasteiger partial charge in [-0.15, -0.1) is 6.58 Å². The van der Waals surface area contributed by atoms with E-state index >= 15 is 0 Å². The molecule has 838 valence electrons. The van der Waals surface area contributed by atoms with Gasteiger partial charge in [0.15, 0.2) is 0 Å². The monoisotopic (exact) mass is 2060 g/mol. The molecular weight excluding hydrogens is 1830 g/mol. The van der Waals surface area contributed by atoms with E-state index in [0.29, 0.717) is 50.4 Å². The number of hydrogen-bond donors (Lipinski definition) is 1. The summed E-state index contributed by atoms with van der Waals surface area (Å²) in [6.45, 7) is 106. The van der Waals surface area contributed by atoms with E-state index in [2.05, 4.69) is 352 Å². The standard InChI is InChI=1S/C22H14.C18H18O2.C11H14O2.C11H22O2.C11H16O.C10H14.C9H22Si.C8H16O2.C7H12O2.C7H16.C6H12.C5H10O.C5H12.C4H10.9H2/c1-6-9-12-15-17-21(18-16-13-10-7-2)22(20(4)5)19-14-11-8-3;1-12(2)18(19)20-11-17-15-9-5-3-7-13(15)14-8-4-6-10-16(14)17;1-9(2)11(12)13-8-10-6-4-3-5-7-10;1-9(2)7-5-6-8-13-11(12)10(3)4;1-9(2)7-10-3-5-11(8-12)6-4-10;1-9(2)8-10-6-4-3-5-7-10;1-8(2)7-10(5,6)9(3)4;1-6(2)5-10-8(9)7(3)4;1-4-5-9-7(8)6(2)3;1-6(2)5-7(3)4;1-4-5-6(2)3;1-4(2)5(3)6;1-4-5(2)3;1-4(2)3;;;;;;;;;/h17,20H,1-3H2,4-5H3;3-10,12,17H,11H2,1-2H3;3-7,9H,8H2,1-2H3;9-10H,5-8H2,1-4H3;3-6,9,12H,7-8H2,1-2H3;3-7,9H,8H2,1-2H3;8-9H,7H2,1-6H3;6-7H,5H2,1-4H3;4,6H,1,5H2,2-3H3;6-7H,5H2,1-4H3;4,6H,1,5H2,2-3H3;4H,1-3H3;5H,4H2,1-3H3;4H,1-3H3;9*1H. The molecule has 12 nitrogen and oxygen atoms in total. The van der Waals surface area contributed by atoms with Crippen LogP contribution in [0.1, 0.15) is 361 Å². The number of aliphatic hydroxyl groups is 1. The third-order valence-corrected chi connectivity index (χ3v) is 25.4. The van der Waals surface area contributed by atoms with Crippen LogP contribution in [-0.2, 0) is 78.5 Å². The summed E-state index contributed by atoms with van der Waals surface area (Å²) in [5.41, 5.74) is 46.9. The molecule has 0 unspecified atom stereocenters. The zero-order valence-corrected chi connectivity index (χ0v) is 101. The van der Waals surface area contributed by atoms with Gasteiger partial charge in [0.1, 0.15) is 25.6 Å². The molecule has 5 aromatic rings. The second-order valence-corrected chi connectivity index (χ2v) is 49.3. The highest BCUT2D eigenvalue weighted by Gasteiger charge is 2.30. The molecule has 0 aromatic heterocycles. The van der Waals surface area contributed by atoms with Crippen LogP contribution >= 0.6 is 0 Å². The van der Waals surface area contributed by atoms with E-state index in [0.717, 1.165) is 95.3 Å². The number of fused-ring (bicyclic) bond motifs is 3. The van der Waals surface area contributed by atoms with Crippen LogP contribution in [0.15, 0.2) is 270 Å². The number of benzene rings is 5. The molecule has 13 heteroatoms. The van der Waals surface area contributed by atoms with Gasteiger partial charge in [0, 0.05) is 41.9 Å². The fraction of sp³-hybridized carbons (Fsp3) is 0.560. The molecule has 147 heavy (non-hydrogen) atoms. The fourth-order valence-corrected chi connectivity index (χ4v) is 14.1. The highest BCUT2D eigenvalue weighted by Crippen LogP contribution is 2.44. The van der Waals surface area contributed by atoms with Crippen LogP contribution in [0.3, 0.4) is 0 Å². The zero-order valence-electron chi connectivity index (χ0n) is 100. The Morgan fingerprint density at radius 3 is 1.12 bits per heavy atom.